The van der Waals surface area contributed by atoms with Crippen LogP contribution in [-0.2, 0) is 11.2 Å². The number of nitrogens with one attached hydrogen (secondary N) is 2. The lowest BCUT2D eigenvalue weighted by Gasteiger charge is -2.26. The van der Waals surface area contributed by atoms with Gasteiger partial charge in [0.2, 0.25) is 5.91 Å². The fourth-order valence-electron chi connectivity index (χ4n) is 2.71. The van der Waals surface area contributed by atoms with Gasteiger partial charge in [0.15, 0.2) is 0 Å². The molecule has 23 heavy (non-hydrogen) atoms. The number of halogens is 1. The SMILES string of the molecule is CCCC(C)(N)C(=O)NC(CO)Cc1c[nH]c2ccccc12.Cl. The van der Waals surface area contributed by atoms with Gasteiger partial charge in [0.05, 0.1) is 18.2 Å². The predicted octanol–water partition coefficient (Wildman–Crippen LogP) is 2.13. The van der Waals surface area contributed by atoms with Gasteiger partial charge < -0.3 is 21.1 Å². The number of hydrogen-bond acceptors (Lipinski definition) is 3. The molecule has 0 saturated carbocycles. The second-order valence-electron chi connectivity index (χ2n) is 6.08. The second-order valence-corrected chi connectivity index (χ2v) is 6.08. The van der Waals surface area contributed by atoms with Crippen molar-refractivity contribution in [3.8, 4) is 0 Å². The molecule has 5 nitrogen and oxygen atoms in total. The normalized spacial score (nSPS) is 14.8. The standard InChI is InChI=1S/C17H25N3O2.ClH/c1-3-8-17(2,18)16(22)20-13(11-21)9-12-10-19-15-7-5-4-6-14(12)15;/h4-7,10,13,19,21H,3,8-9,11,18H2,1-2H3,(H,20,22);1H. The summed E-state index contributed by atoms with van der Waals surface area (Å²) >= 11 is 0. The highest BCUT2D eigenvalue weighted by Crippen LogP contribution is 2.19. The molecule has 0 aliphatic rings. The van der Waals surface area contributed by atoms with Crippen LogP contribution in [0, 0.1) is 0 Å². The van der Waals surface area contributed by atoms with Crippen LogP contribution in [0.15, 0.2) is 30.5 Å². The second kappa shape index (κ2) is 8.34. The number of carbonyl (C=O) groups is 1. The van der Waals surface area contributed by atoms with Crippen LogP contribution in [0.25, 0.3) is 10.9 Å². The topological polar surface area (TPSA) is 91.1 Å². The summed E-state index contributed by atoms with van der Waals surface area (Å²) in [6.07, 6.45) is 3.94. The van der Waals surface area contributed by atoms with Crippen LogP contribution in [0.3, 0.4) is 0 Å². The van der Waals surface area contributed by atoms with E-state index in [0.717, 1.165) is 22.9 Å². The molecule has 2 atom stereocenters. The fraction of sp³-hybridized carbons (Fsp3) is 0.471. The van der Waals surface area contributed by atoms with Gasteiger partial charge in [-0.05, 0) is 31.4 Å². The van der Waals surface area contributed by atoms with Crippen molar-refractivity contribution in [2.75, 3.05) is 6.61 Å². The number of fused-ring (bicyclic) bond motifs is 1. The van der Waals surface area contributed by atoms with Gasteiger partial charge in [-0.25, -0.2) is 0 Å². The number of nitrogens with two attached hydrogens (primary N) is 1. The minimum Gasteiger partial charge on any atom is -0.394 e. The third-order valence-corrected chi connectivity index (χ3v) is 3.98. The van der Waals surface area contributed by atoms with Crippen molar-refractivity contribution in [1.82, 2.24) is 10.3 Å². The maximum Gasteiger partial charge on any atom is 0.240 e. The molecule has 1 amide bonds. The molecular weight excluding hydrogens is 314 g/mol. The third-order valence-electron chi connectivity index (χ3n) is 3.98. The summed E-state index contributed by atoms with van der Waals surface area (Å²) in [5, 5.41) is 13.6. The number of para-hydroxylation sites is 1. The Bertz CT molecular complexity index is 640. The lowest BCUT2D eigenvalue weighted by Crippen LogP contribution is -2.55. The Labute approximate surface area is 143 Å². The summed E-state index contributed by atoms with van der Waals surface area (Å²) in [5.74, 6) is -0.215. The van der Waals surface area contributed by atoms with Gasteiger partial charge in [0.25, 0.3) is 0 Å². The van der Waals surface area contributed by atoms with E-state index in [2.05, 4.69) is 10.3 Å². The van der Waals surface area contributed by atoms with Crippen molar-refractivity contribution < 1.29 is 9.90 Å². The molecule has 1 aromatic heterocycles. The molecule has 1 heterocycles. The smallest absolute Gasteiger partial charge is 0.240 e. The van der Waals surface area contributed by atoms with Crippen molar-refractivity contribution in [2.45, 2.75) is 44.7 Å². The number of H-pyrrole nitrogens is 1. The molecule has 0 spiro atoms. The zero-order valence-electron chi connectivity index (χ0n) is 13.6. The maximum absolute atomic E-state index is 12.3. The first-order valence-corrected chi connectivity index (χ1v) is 7.73. The molecule has 2 unspecified atom stereocenters. The quantitative estimate of drug-likeness (QED) is 0.622. The molecule has 0 aliphatic carbocycles. The Kier molecular flexibility index (Phi) is 7.06. The third kappa shape index (κ3) is 4.70. The molecule has 5 N–H and O–H groups in total. The highest BCUT2D eigenvalue weighted by atomic mass is 35.5. The molecular formula is C17H26ClN3O2. The number of hydrogen-bond donors (Lipinski definition) is 4. The van der Waals surface area contributed by atoms with E-state index in [9.17, 15) is 9.90 Å². The van der Waals surface area contributed by atoms with Crippen molar-refractivity contribution in [1.29, 1.82) is 0 Å². The average molecular weight is 340 g/mol. The molecule has 0 fully saturated rings. The van der Waals surface area contributed by atoms with Crippen LogP contribution < -0.4 is 11.1 Å². The fourth-order valence-corrected chi connectivity index (χ4v) is 2.71. The lowest BCUT2D eigenvalue weighted by atomic mass is 9.95. The van der Waals surface area contributed by atoms with E-state index in [1.54, 1.807) is 6.92 Å². The Balaban J connectivity index is 0.00000264. The van der Waals surface area contributed by atoms with Crippen LogP contribution in [0.5, 0.6) is 0 Å². The Hall–Kier alpha value is -1.56. The van der Waals surface area contributed by atoms with Crippen molar-refractivity contribution >= 4 is 29.2 Å². The summed E-state index contributed by atoms with van der Waals surface area (Å²) < 4.78 is 0. The minimum absolute atomic E-state index is 0. The maximum atomic E-state index is 12.3. The van der Waals surface area contributed by atoms with E-state index < -0.39 is 5.54 Å². The van der Waals surface area contributed by atoms with Gasteiger partial charge in [-0.2, -0.15) is 0 Å². The Morgan fingerprint density at radius 3 is 2.78 bits per heavy atom. The van der Waals surface area contributed by atoms with Crippen LogP contribution >= 0.6 is 12.4 Å². The lowest BCUT2D eigenvalue weighted by molar-refractivity contribution is -0.127. The van der Waals surface area contributed by atoms with Crippen molar-refractivity contribution in [3.63, 3.8) is 0 Å². The number of rotatable bonds is 7. The number of amides is 1. The van der Waals surface area contributed by atoms with Gasteiger partial charge in [-0.15, -0.1) is 12.4 Å². The van der Waals surface area contributed by atoms with Crippen molar-refractivity contribution in [2.24, 2.45) is 5.73 Å². The zero-order chi connectivity index (χ0) is 16.2. The van der Waals surface area contributed by atoms with Crippen LogP contribution in [0.4, 0.5) is 0 Å². The Morgan fingerprint density at radius 2 is 2.13 bits per heavy atom. The molecule has 0 radical (unpaired) electrons. The summed E-state index contributed by atoms with van der Waals surface area (Å²) in [7, 11) is 0. The Morgan fingerprint density at radius 1 is 1.43 bits per heavy atom. The zero-order valence-corrected chi connectivity index (χ0v) is 14.5. The molecule has 6 heteroatoms. The van der Waals surface area contributed by atoms with Gasteiger partial charge in [0, 0.05) is 17.1 Å². The summed E-state index contributed by atoms with van der Waals surface area (Å²) in [6, 6.07) is 7.64. The highest BCUT2D eigenvalue weighted by Gasteiger charge is 2.29. The van der Waals surface area contributed by atoms with E-state index in [1.165, 1.54) is 0 Å². The molecule has 128 valence electrons. The summed E-state index contributed by atoms with van der Waals surface area (Å²) in [6.45, 7) is 3.60. The average Bonchev–Trinajstić information content (AvgIpc) is 2.89. The largest absolute Gasteiger partial charge is 0.394 e. The van der Waals surface area contributed by atoms with Gasteiger partial charge in [-0.1, -0.05) is 31.5 Å². The molecule has 0 saturated heterocycles. The van der Waals surface area contributed by atoms with E-state index in [1.807, 2.05) is 37.4 Å². The van der Waals surface area contributed by atoms with Crippen molar-refractivity contribution in [3.05, 3.63) is 36.0 Å². The van der Waals surface area contributed by atoms with E-state index in [4.69, 9.17) is 5.73 Å². The minimum atomic E-state index is -0.900. The number of aromatic nitrogens is 1. The van der Waals surface area contributed by atoms with Gasteiger partial charge >= 0.3 is 0 Å². The first-order valence-electron chi connectivity index (χ1n) is 7.73. The van der Waals surface area contributed by atoms with Crippen LogP contribution in [-0.4, -0.2) is 34.2 Å². The van der Waals surface area contributed by atoms with E-state index in [-0.39, 0.29) is 31.0 Å². The monoisotopic (exact) mass is 339 g/mol. The number of carbonyl (C=O) groups excluding carboxylic acids is 1. The predicted molar refractivity (Wildman–Crippen MR) is 95.8 cm³/mol. The molecule has 2 aromatic rings. The first-order chi connectivity index (χ1) is 10.5. The molecule has 0 aliphatic heterocycles. The van der Waals surface area contributed by atoms with Crippen LogP contribution in [0.1, 0.15) is 32.3 Å². The van der Waals surface area contributed by atoms with Gasteiger partial charge in [-0.3, -0.25) is 4.79 Å². The van der Waals surface area contributed by atoms with Crippen LogP contribution in [0.2, 0.25) is 0 Å². The molecule has 2 rings (SSSR count). The number of benzene rings is 1. The van der Waals surface area contributed by atoms with E-state index >= 15 is 0 Å². The number of aromatic amines is 1. The first kappa shape index (κ1) is 19.5. The molecule has 1 aromatic carbocycles. The highest BCUT2D eigenvalue weighted by molar-refractivity contribution is 5.86. The number of aliphatic hydroxyl groups excluding tert-OH is 1. The van der Waals surface area contributed by atoms with Gasteiger partial charge in [0.1, 0.15) is 0 Å². The van der Waals surface area contributed by atoms with E-state index in [0.29, 0.717) is 12.8 Å². The number of aliphatic hydroxyl groups is 1. The summed E-state index contributed by atoms with van der Waals surface area (Å²) in [4.78, 5) is 15.5. The molecule has 0 bridgehead atoms. The summed E-state index contributed by atoms with van der Waals surface area (Å²) in [5.41, 5.74) is 7.26.